The minimum atomic E-state index is -0.814. The van der Waals surface area contributed by atoms with Crippen molar-refractivity contribution >= 4 is 45.5 Å². The number of carbonyl (C=O) groups excluding carboxylic acids is 3. The Morgan fingerprint density at radius 2 is 1.69 bits per heavy atom. The molecular formula is C24H16BrFN2O4. The van der Waals surface area contributed by atoms with Crippen LogP contribution in [0.25, 0.3) is 6.08 Å². The predicted molar refractivity (Wildman–Crippen MR) is 120 cm³/mol. The van der Waals surface area contributed by atoms with E-state index in [-0.39, 0.29) is 18.0 Å². The molecule has 1 aliphatic heterocycles. The summed E-state index contributed by atoms with van der Waals surface area (Å²) in [5.41, 5.74) is 1.34. The van der Waals surface area contributed by atoms with E-state index < -0.39 is 17.8 Å². The fourth-order valence-corrected chi connectivity index (χ4v) is 3.51. The molecule has 0 unspecified atom stereocenters. The van der Waals surface area contributed by atoms with E-state index in [2.05, 4.69) is 21.2 Å². The molecule has 1 N–H and O–H groups in total. The fraction of sp³-hybridized carbons (Fsp3) is 0.0417. The van der Waals surface area contributed by atoms with Crippen LogP contribution in [0.1, 0.15) is 11.1 Å². The highest BCUT2D eigenvalue weighted by molar-refractivity contribution is 9.10. The van der Waals surface area contributed by atoms with E-state index in [0.29, 0.717) is 21.5 Å². The molecule has 0 aromatic heterocycles. The Bertz CT molecular complexity index is 1230. The maximum Gasteiger partial charge on any atom is 0.335 e. The van der Waals surface area contributed by atoms with Crippen LogP contribution in [-0.4, -0.2) is 17.8 Å². The number of ether oxygens (including phenoxy) is 1. The van der Waals surface area contributed by atoms with Crippen molar-refractivity contribution in [3.63, 3.8) is 0 Å². The van der Waals surface area contributed by atoms with Crippen molar-refractivity contribution in [2.45, 2.75) is 6.61 Å². The zero-order chi connectivity index (χ0) is 22.7. The number of hydrogen-bond acceptors (Lipinski definition) is 4. The monoisotopic (exact) mass is 494 g/mol. The summed E-state index contributed by atoms with van der Waals surface area (Å²) in [6.07, 6.45) is 1.38. The van der Waals surface area contributed by atoms with Crippen molar-refractivity contribution in [3.8, 4) is 5.75 Å². The first-order chi connectivity index (χ1) is 15.4. The van der Waals surface area contributed by atoms with Gasteiger partial charge in [-0.3, -0.25) is 14.9 Å². The molecule has 6 nitrogen and oxygen atoms in total. The first-order valence-electron chi connectivity index (χ1n) is 9.55. The van der Waals surface area contributed by atoms with Crippen LogP contribution in [0.5, 0.6) is 5.75 Å². The molecule has 1 saturated heterocycles. The predicted octanol–water partition coefficient (Wildman–Crippen LogP) is 4.83. The molecule has 32 heavy (non-hydrogen) atoms. The summed E-state index contributed by atoms with van der Waals surface area (Å²) >= 11 is 3.38. The summed E-state index contributed by atoms with van der Waals surface area (Å²) < 4.78 is 19.7. The molecule has 4 rings (SSSR count). The van der Waals surface area contributed by atoms with Gasteiger partial charge < -0.3 is 4.74 Å². The van der Waals surface area contributed by atoms with Gasteiger partial charge in [0.25, 0.3) is 11.8 Å². The van der Waals surface area contributed by atoms with E-state index in [1.165, 1.54) is 18.2 Å². The summed E-state index contributed by atoms with van der Waals surface area (Å²) in [4.78, 5) is 38.7. The maximum absolute atomic E-state index is 13.1. The number of carbonyl (C=O) groups is 3. The zero-order valence-electron chi connectivity index (χ0n) is 16.5. The molecule has 4 amide bonds. The third-order valence-electron chi connectivity index (χ3n) is 4.70. The number of nitrogens with one attached hydrogen (secondary N) is 1. The van der Waals surface area contributed by atoms with E-state index in [9.17, 15) is 18.8 Å². The van der Waals surface area contributed by atoms with Crippen LogP contribution in [0, 0.1) is 5.82 Å². The molecule has 1 fully saturated rings. The van der Waals surface area contributed by atoms with Gasteiger partial charge in [0.1, 0.15) is 23.7 Å². The van der Waals surface area contributed by atoms with Gasteiger partial charge >= 0.3 is 6.03 Å². The standard InChI is InChI=1S/C24H16BrFN2O4/c25-17-8-11-21(32-14-15-6-9-18(26)10-7-15)16(12-17)13-20-22(29)27-24(31)28(23(20)30)19-4-2-1-3-5-19/h1-13H,14H2,(H,27,29,31)/b20-13+. The molecule has 1 aliphatic rings. The van der Waals surface area contributed by atoms with Crippen molar-refractivity contribution in [2.24, 2.45) is 0 Å². The number of rotatable bonds is 5. The molecule has 3 aromatic carbocycles. The Kier molecular flexibility index (Phi) is 6.13. The molecule has 0 atom stereocenters. The lowest BCUT2D eigenvalue weighted by molar-refractivity contribution is -0.122. The summed E-state index contributed by atoms with van der Waals surface area (Å²) in [7, 11) is 0. The smallest absolute Gasteiger partial charge is 0.335 e. The van der Waals surface area contributed by atoms with E-state index >= 15 is 0 Å². The average Bonchev–Trinajstić information content (AvgIpc) is 2.78. The lowest BCUT2D eigenvalue weighted by Gasteiger charge is -2.26. The molecule has 0 aliphatic carbocycles. The van der Waals surface area contributed by atoms with Crippen molar-refractivity contribution in [3.05, 3.63) is 99.8 Å². The number of para-hydroxylation sites is 1. The van der Waals surface area contributed by atoms with Crippen molar-refractivity contribution in [2.75, 3.05) is 4.90 Å². The van der Waals surface area contributed by atoms with Crippen LogP contribution in [0.4, 0.5) is 14.9 Å². The van der Waals surface area contributed by atoms with Gasteiger partial charge in [-0.1, -0.05) is 46.3 Å². The van der Waals surface area contributed by atoms with Gasteiger partial charge in [0.2, 0.25) is 0 Å². The minimum Gasteiger partial charge on any atom is -0.488 e. The van der Waals surface area contributed by atoms with Gasteiger partial charge in [-0.2, -0.15) is 0 Å². The van der Waals surface area contributed by atoms with Crippen molar-refractivity contribution in [1.82, 2.24) is 5.32 Å². The van der Waals surface area contributed by atoms with E-state index in [1.54, 1.807) is 60.7 Å². The van der Waals surface area contributed by atoms with E-state index in [1.807, 2.05) is 0 Å². The van der Waals surface area contributed by atoms with Gasteiger partial charge in [0.05, 0.1) is 5.69 Å². The normalized spacial score (nSPS) is 15.1. The summed E-state index contributed by atoms with van der Waals surface area (Å²) in [5.74, 6) is -1.47. The Morgan fingerprint density at radius 1 is 0.969 bits per heavy atom. The number of barbiturate groups is 1. The molecule has 0 saturated carbocycles. The second-order valence-electron chi connectivity index (χ2n) is 6.89. The summed E-state index contributed by atoms with van der Waals surface area (Å²) in [6, 6.07) is 18.5. The van der Waals surface area contributed by atoms with Gasteiger partial charge in [-0.05, 0) is 54.1 Å². The number of benzene rings is 3. The number of nitrogens with zero attached hydrogens (tertiary/aromatic N) is 1. The van der Waals surface area contributed by atoms with Crippen LogP contribution >= 0.6 is 15.9 Å². The highest BCUT2D eigenvalue weighted by Crippen LogP contribution is 2.28. The second kappa shape index (κ2) is 9.15. The molecule has 3 aromatic rings. The van der Waals surface area contributed by atoms with Gasteiger partial charge in [0.15, 0.2) is 0 Å². The van der Waals surface area contributed by atoms with E-state index in [4.69, 9.17) is 4.74 Å². The third kappa shape index (κ3) is 4.60. The van der Waals surface area contributed by atoms with Crippen LogP contribution in [-0.2, 0) is 16.2 Å². The number of halogens is 2. The highest BCUT2D eigenvalue weighted by atomic mass is 79.9. The summed E-state index contributed by atoms with van der Waals surface area (Å²) in [6.45, 7) is 0.160. The SMILES string of the molecule is O=C1NC(=O)N(c2ccccc2)C(=O)/C1=C/c1cc(Br)ccc1OCc1ccc(F)cc1. The molecule has 0 spiro atoms. The van der Waals surface area contributed by atoms with Crippen LogP contribution in [0.2, 0.25) is 0 Å². The number of amides is 4. The zero-order valence-corrected chi connectivity index (χ0v) is 18.1. The van der Waals surface area contributed by atoms with Gasteiger partial charge in [0, 0.05) is 10.0 Å². The number of hydrogen-bond donors (Lipinski definition) is 1. The fourth-order valence-electron chi connectivity index (χ4n) is 3.13. The molecule has 1 heterocycles. The minimum absolute atomic E-state index is 0.160. The number of urea groups is 1. The summed E-state index contributed by atoms with van der Waals surface area (Å²) in [5, 5.41) is 2.20. The van der Waals surface area contributed by atoms with E-state index in [0.717, 1.165) is 10.5 Å². The Labute approximate surface area is 191 Å². The van der Waals surface area contributed by atoms with Crippen LogP contribution < -0.4 is 15.0 Å². The molecule has 8 heteroatoms. The van der Waals surface area contributed by atoms with Crippen molar-refractivity contribution < 1.29 is 23.5 Å². The highest BCUT2D eigenvalue weighted by Gasteiger charge is 2.36. The molecule has 0 radical (unpaired) electrons. The average molecular weight is 495 g/mol. The van der Waals surface area contributed by atoms with Gasteiger partial charge in [-0.15, -0.1) is 0 Å². The lowest BCUT2D eigenvalue weighted by atomic mass is 10.1. The first kappa shape index (κ1) is 21.5. The third-order valence-corrected chi connectivity index (χ3v) is 5.19. The first-order valence-corrected chi connectivity index (χ1v) is 10.3. The van der Waals surface area contributed by atoms with Crippen molar-refractivity contribution in [1.29, 1.82) is 0 Å². The Morgan fingerprint density at radius 3 is 2.41 bits per heavy atom. The topological polar surface area (TPSA) is 75.7 Å². The van der Waals surface area contributed by atoms with Gasteiger partial charge in [-0.25, -0.2) is 14.1 Å². The molecule has 0 bridgehead atoms. The maximum atomic E-state index is 13.1. The lowest BCUT2D eigenvalue weighted by Crippen LogP contribution is -2.54. The van der Waals surface area contributed by atoms with Crippen LogP contribution in [0.3, 0.4) is 0 Å². The number of imide groups is 2. The number of anilines is 1. The van der Waals surface area contributed by atoms with Crippen LogP contribution in [0.15, 0.2) is 82.8 Å². The Hall–Kier alpha value is -3.78. The largest absolute Gasteiger partial charge is 0.488 e. The quantitative estimate of drug-likeness (QED) is 0.407. The molecule has 160 valence electrons. The molecular weight excluding hydrogens is 479 g/mol. The second-order valence-corrected chi connectivity index (χ2v) is 7.81. The Balaban J connectivity index is 1.66.